The van der Waals surface area contributed by atoms with E-state index in [9.17, 15) is 0 Å². The summed E-state index contributed by atoms with van der Waals surface area (Å²) in [5.74, 6) is 0.510. The first kappa shape index (κ1) is 11.3. The molecule has 0 amide bonds. The molecule has 0 bridgehead atoms. The summed E-state index contributed by atoms with van der Waals surface area (Å²) < 4.78 is 0. The first-order valence-corrected chi connectivity index (χ1v) is 6.05. The average molecular weight is 244 g/mol. The minimum Gasteiger partial charge on any atom is -0.313 e. The lowest BCUT2D eigenvalue weighted by Crippen LogP contribution is -2.23. The molecule has 1 nitrogen and oxygen atoms in total. The summed E-state index contributed by atoms with van der Waals surface area (Å²) in [6, 6.07) is 4.14. The van der Waals surface area contributed by atoms with Gasteiger partial charge in [-0.05, 0) is 49.1 Å². The first-order chi connectivity index (χ1) is 7.15. The minimum absolute atomic E-state index is 0.349. The van der Waals surface area contributed by atoms with Crippen molar-refractivity contribution in [2.45, 2.75) is 31.7 Å². The van der Waals surface area contributed by atoms with Gasteiger partial charge in [0, 0.05) is 16.1 Å². The number of hydrogen-bond acceptors (Lipinski definition) is 1. The van der Waals surface area contributed by atoms with Crippen LogP contribution in [0.15, 0.2) is 12.1 Å². The third-order valence-electron chi connectivity index (χ3n) is 3.26. The van der Waals surface area contributed by atoms with Gasteiger partial charge >= 0.3 is 0 Å². The zero-order chi connectivity index (χ0) is 11.0. The van der Waals surface area contributed by atoms with Crippen LogP contribution in [0.2, 0.25) is 10.0 Å². The van der Waals surface area contributed by atoms with Gasteiger partial charge in [-0.2, -0.15) is 0 Å². The Morgan fingerprint density at radius 3 is 2.33 bits per heavy atom. The fourth-order valence-corrected chi connectivity index (χ4v) is 3.08. The van der Waals surface area contributed by atoms with Crippen molar-refractivity contribution in [2.75, 3.05) is 7.05 Å². The lowest BCUT2D eigenvalue weighted by Gasteiger charge is -2.31. The Morgan fingerprint density at radius 2 is 1.73 bits per heavy atom. The summed E-state index contributed by atoms with van der Waals surface area (Å²) in [5, 5.41) is 4.99. The maximum absolute atomic E-state index is 6.25. The highest BCUT2D eigenvalue weighted by atomic mass is 35.5. The van der Waals surface area contributed by atoms with Crippen LogP contribution in [0, 0.1) is 0 Å². The summed E-state index contributed by atoms with van der Waals surface area (Å²) in [5.41, 5.74) is 2.43. The maximum atomic E-state index is 6.25. The summed E-state index contributed by atoms with van der Waals surface area (Å²) in [6.07, 6.45) is 2.29. The van der Waals surface area contributed by atoms with Gasteiger partial charge in [-0.3, -0.25) is 0 Å². The van der Waals surface area contributed by atoms with E-state index in [1.54, 1.807) is 0 Å². The smallest absolute Gasteiger partial charge is 0.0457 e. The van der Waals surface area contributed by atoms with Crippen molar-refractivity contribution in [2.24, 2.45) is 0 Å². The number of rotatable bonds is 1. The van der Waals surface area contributed by atoms with Crippen LogP contribution < -0.4 is 5.32 Å². The van der Waals surface area contributed by atoms with Gasteiger partial charge < -0.3 is 5.32 Å². The summed E-state index contributed by atoms with van der Waals surface area (Å²) in [6.45, 7) is 2.22. The molecule has 0 aromatic heterocycles. The van der Waals surface area contributed by atoms with Crippen LogP contribution in [0.4, 0.5) is 0 Å². The topological polar surface area (TPSA) is 12.0 Å². The Bertz CT molecular complexity index is 376. The Morgan fingerprint density at radius 1 is 1.13 bits per heavy atom. The van der Waals surface area contributed by atoms with E-state index in [1.807, 2.05) is 19.2 Å². The summed E-state index contributed by atoms with van der Waals surface area (Å²) >= 11 is 12.5. The molecule has 0 spiro atoms. The Kier molecular flexibility index (Phi) is 3.24. The molecule has 82 valence electrons. The van der Waals surface area contributed by atoms with Crippen molar-refractivity contribution in [3.8, 4) is 0 Å². The van der Waals surface area contributed by atoms with Gasteiger partial charge in [0.05, 0.1) is 0 Å². The number of hydrogen-bond donors (Lipinski definition) is 1. The van der Waals surface area contributed by atoms with Gasteiger partial charge in [0.25, 0.3) is 0 Å². The van der Waals surface area contributed by atoms with Crippen molar-refractivity contribution in [3.05, 3.63) is 33.3 Å². The van der Waals surface area contributed by atoms with E-state index in [2.05, 4.69) is 12.2 Å². The minimum atomic E-state index is 0.349. The Balaban J connectivity index is 2.60. The van der Waals surface area contributed by atoms with E-state index in [0.717, 1.165) is 16.5 Å². The molecule has 2 atom stereocenters. The van der Waals surface area contributed by atoms with Crippen molar-refractivity contribution < 1.29 is 0 Å². The highest BCUT2D eigenvalue weighted by Gasteiger charge is 2.27. The standard InChI is InChI=1S/C12H15Cl2N/c1-7-3-6-10(15-2)12-9(14)5-4-8(13)11(7)12/h4-5,7,10,15H,3,6H2,1-2H3. The van der Waals surface area contributed by atoms with Crippen LogP contribution in [0.25, 0.3) is 0 Å². The van der Waals surface area contributed by atoms with Crippen molar-refractivity contribution in [3.63, 3.8) is 0 Å². The number of fused-ring (bicyclic) bond motifs is 1. The molecule has 2 rings (SSSR count). The number of halogens is 2. The van der Waals surface area contributed by atoms with E-state index in [1.165, 1.54) is 17.5 Å². The molecular formula is C12H15Cl2N. The Hall–Kier alpha value is -0.240. The number of nitrogens with one attached hydrogen (secondary N) is 1. The summed E-state index contributed by atoms with van der Waals surface area (Å²) in [7, 11) is 1.97. The van der Waals surface area contributed by atoms with Crippen molar-refractivity contribution in [1.29, 1.82) is 0 Å². The molecule has 1 aromatic carbocycles. The van der Waals surface area contributed by atoms with Gasteiger partial charge in [-0.25, -0.2) is 0 Å². The molecule has 1 aliphatic rings. The van der Waals surface area contributed by atoms with E-state index in [0.29, 0.717) is 12.0 Å². The molecule has 2 unspecified atom stereocenters. The Labute approximate surface area is 101 Å². The lowest BCUT2D eigenvalue weighted by molar-refractivity contribution is 0.460. The second-order valence-corrected chi connectivity index (χ2v) is 4.99. The van der Waals surface area contributed by atoms with Crippen LogP contribution in [0.1, 0.15) is 42.9 Å². The quantitative estimate of drug-likeness (QED) is 0.782. The van der Waals surface area contributed by atoms with E-state index >= 15 is 0 Å². The van der Waals surface area contributed by atoms with Crippen LogP contribution in [0.3, 0.4) is 0 Å². The lowest BCUT2D eigenvalue weighted by atomic mass is 9.81. The maximum Gasteiger partial charge on any atom is 0.0457 e. The van der Waals surface area contributed by atoms with Crippen molar-refractivity contribution >= 4 is 23.2 Å². The SMILES string of the molecule is CNC1CCC(C)c2c(Cl)ccc(Cl)c21. The van der Waals surface area contributed by atoms with Crippen LogP contribution in [-0.4, -0.2) is 7.05 Å². The first-order valence-electron chi connectivity index (χ1n) is 5.30. The second kappa shape index (κ2) is 4.32. The summed E-state index contributed by atoms with van der Waals surface area (Å²) in [4.78, 5) is 0. The van der Waals surface area contributed by atoms with Gasteiger partial charge in [0.2, 0.25) is 0 Å². The van der Waals surface area contributed by atoms with Gasteiger partial charge in [0.1, 0.15) is 0 Å². The highest BCUT2D eigenvalue weighted by molar-refractivity contribution is 6.34. The molecule has 0 heterocycles. The predicted octanol–water partition coefficient (Wildman–Crippen LogP) is 4.15. The predicted molar refractivity (Wildman–Crippen MR) is 65.9 cm³/mol. The van der Waals surface area contributed by atoms with Crippen LogP contribution in [0.5, 0.6) is 0 Å². The molecule has 0 saturated carbocycles. The average Bonchev–Trinajstić information content (AvgIpc) is 2.23. The molecule has 15 heavy (non-hydrogen) atoms. The normalized spacial score (nSPS) is 25.1. The fraction of sp³-hybridized carbons (Fsp3) is 0.500. The van der Waals surface area contributed by atoms with Crippen LogP contribution >= 0.6 is 23.2 Å². The van der Waals surface area contributed by atoms with Gasteiger partial charge in [0.15, 0.2) is 0 Å². The molecule has 0 fully saturated rings. The molecule has 0 saturated heterocycles. The third-order valence-corrected chi connectivity index (χ3v) is 3.92. The molecule has 1 aromatic rings. The molecule has 3 heteroatoms. The molecule has 0 aliphatic heterocycles. The molecule has 1 N–H and O–H groups in total. The van der Waals surface area contributed by atoms with Gasteiger partial charge in [-0.15, -0.1) is 0 Å². The number of benzene rings is 1. The highest BCUT2D eigenvalue weighted by Crippen LogP contribution is 2.43. The van der Waals surface area contributed by atoms with E-state index in [4.69, 9.17) is 23.2 Å². The zero-order valence-electron chi connectivity index (χ0n) is 8.98. The molecule has 0 radical (unpaired) electrons. The second-order valence-electron chi connectivity index (χ2n) is 4.18. The van der Waals surface area contributed by atoms with Gasteiger partial charge in [-0.1, -0.05) is 30.1 Å². The largest absolute Gasteiger partial charge is 0.313 e. The van der Waals surface area contributed by atoms with E-state index < -0.39 is 0 Å². The van der Waals surface area contributed by atoms with Crippen molar-refractivity contribution in [1.82, 2.24) is 5.32 Å². The van der Waals surface area contributed by atoms with E-state index in [-0.39, 0.29) is 0 Å². The zero-order valence-corrected chi connectivity index (χ0v) is 10.5. The fourth-order valence-electron chi connectivity index (χ4n) is 2.43. The molecule has 1 aliphatic carbocycles. The molecular weight excluding hydrogens is 229 g/mol. The monoisotopic (exact) mass is 243 g/mol. The third kappa shape index (κ3) is 1.89. The van der Waals surface area contributed by atoms with Crippen LogP contribution in [-0.2, 0) is 0 Å².